The fourth-order valence-electron chi connectivity index (χ4n) is 2.99. The third-order valence-corrected chi connectivity index (χ3v) is 3.85. The Morgan fingerprint density at radius 3 is 2.35 bits per heavy atom. The highest BCUT2D eigenvalue weighted by Gasteiger charge is 2.26. The van der Waals surface area contributed by atoms with Gasteiger partial charge in [0.15, 0.2) is 0 Å². The molecule has 2 unspecified atom stereocenters. The first-order chi connectivity index (χ1) is 9.56. The number of hydrogen-bond acceptors (Lipinski definition) is 3. The molecule has 3 N–H and O–H groups in total. The summed E-state index contributed by atoms with van der Waals surface area (Å²) in [6, 6.07) is 7.49. The normalized spacial score (nSPS) is 26.1. The second-order valence-electron chi connectivity index (χ2n) is 5.97. The number of nitrogens with two attached hydrogens (primary N) is 1. The second-order valence-corrected chi connectivity index (χ2v) is 5.97. The average Bonchev–Trinajstić information content (AvgIpc) is 2.38. The molecule has 1 aliphatic rings. The molecule has 0 spiro atoms. The molecule has 20 heavy (non-hydrogen) atoms. The summed E-state index contributed by atoms with van der Waals surface area (Å²) in [5, 5.41) is 2.77. The van der Waals surface area contributed by atoms with Crippen molar-refractivity contribution in [1.82, 2.24) is 0 Å². The van der Waals surface area contributed by atoms with Gasteiger partial charge in [0.25, 0.3) is 0 Å². The quantitative estimate of drug-likeness (QED) is 0.887. The van der Waals surface area contributed by atoms with Gasteiger partial charge in [0.05, 0.1) is 0 Å². The molecule has 2 rings (SSSR count). The van der Waals surface area contributed by atoms with Gasteiger partial charge in [-0.2, -0.15) is 0 Å². The van der Waals surface area contributed by atoms with Crippen LogP contribution in [-0.4, -0.2) is 12.2 Å². The largest absolute Gasteiger partial charge is 0.446 e. The molecule has 0 aromatic heterocycles. The van der Waals surface area contributed by atoms with Crippen LogP contribution in [0, 0.1) is 11.8 Å². The molecule has 0 bridgehead atoms. The zero-order chi connectivity index (χ0) is 14.5. The van der Waals surface area contributed by atoms with E-state index in [1.807, 2.05) is 24.3 Å². The topological polar surface area (TPSA) is 64.3 Å². The molecular weight excluding hydrogens is 252 g/mol. The summed E-state index contributed by atoms with van der Waals surface area (Å²) in [6.45, 7) is 4.94. The Morgan fingerprint density at radius 2 is 1.80 bits per heavy atom. The van der Waals surface area contributed by atoms with Crippen LogP contribution in [0.3, 0.4) is 0 Å². The molecule has 1 aromatic rings. The average molecular weight is 276 g/mol. The number of amides is 1. The molecule has 0 aliphatic heterocycles. The number of nitrogens with one attached hydrogen (secondary N) is 1. The first-order valence-electron chi connectivity index (χ1n) is 7.33. The maximum atomic E-state index is 11.9. The van der Waals surface area contributed by atoms with Crippen molar-refractivity contribution in [2.45, 2.75) is 45.8 Å². The van der Waals surface area contributed by atoms with E-state index in [-0.39, 0.29) is 12.2 Å². The Bertz CT molecular complexity index is 434. The van der Waals surface area contributed by atoms with Crippen molar-refractivity contribution in [2.24, 2.45) is 17.6 Å². The predicted octanol–water partition coefficient (Wildman–Crippen LogP) is 3.52. The molecule has 1 aliphatic carbocycles. The van der Waals surface area contributed by atoms with Gasteiger partial charge in [-0.15, -0.1) is 0 Å². The highest BCUT2D eigenvalue weighted by atomic mass is 16.6. The van der Waals surface area contributed by atoms with Gasteiger partial charge in [0.2, 0.25) is 0 Å². The maximum Gasteiger partial charge on any atom is 0.411 e. The van der Waals surface area contributed by atoms with Gasteiger partial charge in [-0.3, -0.25) is 5.32 Å². The number of rotatable bonds is 3. The number of benzene rings is 1. The summed E-state index contributed by atoms with van der Waals surface area (Å²) in [5.74, 6) is 1.25. The molecule has 1 fully saturated rings. The van der Waals surface area contributed by atoms with E-state index in [0.717, 1.165) is 24.1 Å². The minimum Gasteiger partial charge on any atom is -0.446 e. The van der Waals surface area contributed by atoms with Gasteiger partial charge in [0.1, 0.15) is 6.10 Å². The Balaban J connectivity index is 1.85. The maximum absolute atomic E-state index is 11.9. The summed E-state index contributed by atoms with van der Waals surface area (Å²) in [5.41, 5.74) is 7.32. The molecule has 1 aromatic carbocycles. The van der Waals surface area contributed by atoms with Crippen LogP contribution in [0.5, 0.6) is 0 Å². The molecule has 4 heteroatoms. The van der Waals surface area contributed by atoms with Crippen LogP contribution in [0.15, 0.2) is 24.3 Å². The molecule has 1 amide bonds. The summed E-state index contributed by atoms with van der Waals surface area (Å²) >= 11 is 0. The van der Waals surface area contributed by atoms with Crippen LogP contribution < -0.4 is 11.1 Å². The zero-order valence-corrected chi connectivity index (χ0v) is 12.3. The number of carbonyl (C=O) groups is 1. The smallest absolute Gasteiger partial charge is 0.411 e. The minimum atomic E-state index is -0.364. The van der Waals surface area contributed by atoms with Crippen molar-refractivity contribution in [3.63, 3.8) is 0 Å². The van der Waals surface area contributed by atoms with E-state index >= 15 is 0 Å². The third kappa shape index (κ3) is 4.23. The van der Waals surface area contributed by atoms with Gasteiger partial charge in [-0.25, -0.2) is 4.79 Å². The zero-order valence-electron chi connectivity index (χ0n) is 12.3. The highest BCUT2D eigenvalue weighted by Crippen LogP contribution is 2.30. The second kappa shape index (κ2) is 6.75. The van der Waals surface area contributed by atoms with Crippen molar-refractivity contribution in [2.75, 3.05) is 5.32 Å². The molecule has 110 valence electrons. The van der Waals surface area contributed by atoms with Crippen LogP contribution in [0.4, 0.5) is 10.5 Å². The Kier molecular flexibility index (Phi) is 5.01. The lowest BCUT2D eigenvalue weighted by molar-refractivity contribution is 0.0553. The first kappa shape index (κ1) is 14.9. The van der Waals surface area contributed by atoms with Crippen molar-refractivity contribution >= 4 is 11.8 Å². The standard InChI is InChI=1S/C16H24N2O2/c1-11-7-12(2)9-15(8-11)20-16(19)18-14-5-3-13(10-17)4-6-14/h3-6,11-12,15H,7-10,17H2,1-2H3,(H,18,19). The Morgan fingerprint density at radius 1 is 1.20 bits per heavy atom. The fraction of sp³-hybridized carbons (Fsp3) is 0.562. The van der Waals surface area contributed by atoms with Crippen molar-refractivity contribution in [1.29, 1.82) is 0 Å². The van der Waals surface area contributed by atoms with Crippen LogP contribution >= 0.6 is 0 Å². The molecule has 4 nitrogen and oxygen atoms in total. The van der Waals surface area contributed by atoms with Crippen LogP contribution in [0.25, 0.3) is 0 Å². The first-order valence-corrected chi connectivity index (χ1v) is 7.33. The molecule has 0 saturated heterocycles. The van der Waals surface area contributed by atoms with Gasteiger partial charge in [-0.1, -0.05) is 26.0 Å². The summed E-state index contributed by atoms with van der Waals surface area (Å²) < 4.78 is 5.52. The van der Waals surface area contributed by atoms with Crippen LogP contribution in [-0.2, 0) is 11.3 Å². The number of anilines is 1. The van der Waals surface area contributed by atoms with E-state index in [1.54, 1.807) is 0 Å². The van der Waals surface area contributed by atoms with E-state index in [2.05, 4.69) is 19.2 Å². The van der Waals surface area contributed by atoms with Gasteiger partial charge in [-0.05, 0) is 48.8 Å². The number of hydrogen-bond donors (Lipinski definition) is 2. The predicted molar refractivity (Wildman–Crippen MR) is 80.4 cm³/mol. The fourth-order valence-corrected chi connectivity index (χ4v) is 2.99. The van der Waals surface area contributed by atoms with E-state index in [1.165, 1.54) is 6.42 Å². The molecule has 0 heterocycles. The van der Waals surface area contributed by atoms with Gasteiger partial charge in [0, 0.05) is 12.2 Å². The van der Waals surface area contributed by atoms with Crippen molar-refractivity contribution in [3.8, 4) is 0 Å². The highest BCUT2D eigenvalue weighted by molar-refractivity contribution is 5.84. The van der Waals surface area contributed by atoms with E-state index < -0.39 is 0 Å². The van der Waals surface area contributed by atoms with E-state index in [0.29, 0.717) is 18.4 Å². The monoisotopic (exact) mass is 276 g/mol. The Hall–Kier alpha value is -1.55. The molecule has 1 saturated carbocycles. The minimum absolute atomic E-state index is 0.0389. The van der Waals surface area contributed by atoms with Crippen LogP contribution in [0.2, 0.25) is 0 Å². The SMILES string of the molecule is CC1CC(C)CC(OC(=O)Nc2ccc(CN)cc2)C1. The van der Waals surface area contributed by atoms with Gasteiger partial charge < -0.3 is 10.5 Å². The molecule has 2 atom stereocenters. The number of carbonyl (C=O) groups excluding carboxylic acids is 1. The Labute approximate surface area is 120 Å². The molecule has 0 radical (unpaired) electrons. The van der Waals surface area contributed by atoms with E-state index in [9.17, 15) is 4.79 Å². The van der Waals surface area contributed by atoms with Crippen molar-refractivity contribution in [3.05, 3.63) is 29.8 Å². The van der Waals surface area contributed by atoms with Gasteiger partial charge >= 0.3 is 6.09 Å². The third-order valence-electron chi connectivity index (χ3n) is 3.85. The molecular formula is C16H24N2O2. The van der Waals surface area contributed by atoms with Crippen LogP contribution in [0.1, 0.15) is 38.7 Å². The van der Waals surface area contributed by atoms with E-state index in [4.69, 9.17) is 10.5 Å². The van der Waals surface area contributed by atoms with Crippen molar-refractivity contribution < 1.29 is 9.53 Å². The lowest BCUT2D eigenvalue weighted by Gasteiger charge is -2.30. The summed E-state index contributed by atoms with van der Waals surface area (Å²) in [6.07, 6.45) is 2.82. The lowest BCUT2D eigenvalue weighted by Crippen LogP contribution is -2.30. The number of ether oxygens (including phenoxy) is 1. The summed E-state index contributed by atoms with van der Waals surface area (Å²) in [4.78, 5) is 11.9. The lowest BCUT2D eigenvalue weighted by atomic mass is 9.82. The summed E-state index contributed by atoms with van der Waals surface area (Å²) in [7, 11) is 0.